The third kappa shape index (κ3) is 3.77. The normalized spacial score (nSPS) is 12.7. The van der Waals surface area contributed by atoms with Crippen molar-refractivity contribution in [3.05, 3.63) is 64.7 Å². The average Bonchev–Trinajstić information content (AvgIpc) is 2.95. The van der Waals surface area contributed by atoms with E-state index in [1.807, 2.05) is 44.2 Å². The van der Waals surface area contributed by atoms with Crippen molar-refractivity contribution in [2.45, 2.75) is 26.7 Å². The fraction of sp³-hybridized carbons (Fsp3) is 0.263. The first-order valence-electron chi connectivity index (χ1n) is 7.73. The monoisotopic (exact) mass is 308 g/mol. The van der Waals surface area contributed by atoms with E-state index in [-0.39, 0.29) is 12.5 Å². The maximum atomic E-state index is 11.9. The van der Waals surface area contributed by atoms with E-state index < -0.39 is 0 Å². The number of amides is 1. The lowest BCUT2D eigenvalue weighted by Gasteiger charge is -2.08. The topological polar surface area (TPSA) is 50.7 Å². The minimum Gasteiger partial charge on any atom is -0.483 e. The number of hydrogen-bond acceptors (Lipinski definition) is 3. The average molecular weight is 308 g/mol. The van der Waals surface area contributed by atoms with Gasteiger partial charge in [-0.2, -0.15) is 5.10 Å². The van der Waals surface area contributed by atoms with Crippen molar-refractivity contribution < 1.29 is 9.53 Å². The zero-order valence-electron chi connectivity index (χ0n) is 13.4. The van der Waals surface area contributed by atoms with E-state index in [1.54, 1.807) is 0 Å². The van der Waals surface area contributed by atoms with E-state index >= 15 is 0 Å². The fourth-order valence-corrected chi connectivity index (χ4v) is 2.76. The molecule has 118 valence electrons. The van der Waals surface area contributed by atoms with E-state index in [0.717, 1.165) is 29.9 Å². The summed E-state index contributed by atoms with van der Waals surface area (Å²) in [5.74, 6) is 0.486. The molecular weight excluding hydrogens is 288 g/mol. The first kappa shape index (κ1) is 15.3. The second-order valence-corrected chi connectivity index (χ2v) is 5.89. The molecular formula is C19H20N2O2. The van der Waals surface area contributed by atoms with Crippen molar-refractivity contribution in [2.24, 2.45) is 5.10 Å². The summed E-state index contributed by atoms with van der Waals surface area (Å²) in [6.07, 6.45) is 1.60. The number of nitrogens with zero attached hydrogens (tertiary/aromatic N) is 1. The van der Waals surface area contributed by atoms with Crippen LogP contribution in [0.4, 0.5) is 0 Å². The number of carbonyl (C=O) groups excluding carboxylic acids is 1. The van der Waals surface area contributed by atoms with Crippen LogP contribution < -0.4 is 10.2 Å². The molecule has 1 aliphatic carbocycles. The predicted molar refractivity (Wildman–Crippen MR) is 90.8 cm³/mol. The van der Waals surface area contributed by atoms with Gasteiger partial charge in [0.2, 0.25) is 0 Å². The number of ether oxygens (including phenoxy) is 1. The summed E-state index contributed by atoms with van der Waals surface area (Å²) in [5, 5.41) is 4.22. The molecule has 0 heterocycles. The van der Waals surface area contributed by atoms with Gasteiger partial charge in [-0.1, -0.05) is 42.0 Å². The highest BCUT2D eigenvalue weighted by Crippen LogP contribution is 2.20. The summed E-state index contributed by atoms with van der Waals surface area (Å²) in [6, 6.07) is 14.1. The second kappa shape index (κ2) is 6.65. The quantitative estimate of drug-likeness (QED) is 0.883. The Labute approximate surface area is 136 Å². The molecule has 0 aromatic heterocycles. The number of hydrogen-bond donors (Lipinski definition) is 1. The summed E-state index contributed by atoms with van der Waals surface area (Å²) in [6.45, 7) is 3.96. The predicted octanol–water partition coefficient (Wildman–Crippen LogP) is 2.95. The molecule has 3 rings (SSSR count). The van der Waals surface area contributed by atoms with Crippen LogP contribution >= 0.6 is 0 Å². The van der Waals surface area contributed by atoms with Crippen LogP contribution in [0.3, 0.4) is 0 Å². The van der Waals surface area contributed by atoms with E-state index in [4.69, 9.17) is 4.74 Å². The Morgan fingerprint density at radius 1 is 1.13 bits per heavy atom. The van der Waals surface area contributed by atoms with E-state index in [9.17, 15) is 4.79 Å². The van der Waals surface area contributed by atoms with Crippen LogP contribution in [0.5, 0.6) is 5.75 Å². The molecule has 0 spiro atoms. The number of benzene rings is 2. The van der Waals surface area contributed by atoms with E-state index in [1.165, 1.54) is 16.7 Å². The summed E-state index contributed by atoms with van der Waals surface area (Å²) in [5.41, 5.74) is 8.33. The van der Waals surface area contributed by atoms with Crippen molar-refractivity contribution in [3.63, 3.8) is 0 Å². The Morgan fingerprint density at radius 3 is 2.48 bits per heavy atom. The van der Waals surface area contributed by atoms with Gasteiger partial charge in [0.1, 0.15) is 5.75 Å². The lowest BCUT2D eigenvalue weighted by Crippen LogP contribution is -2.26. The highest BCUT2D eigenvalue weighted by atomic mass is 16.5. The molecule has 2 aromatic carbocycles. The molecule has 0 unspecified atom stereocenters. The van der Waals surface area contributed by atoms with Crippen molar-refractivity contribution in [3.8, 4) is 5.75 Å². The van der Waals surface area contributed by atoms with Crippen molar-refractivity contribution >= 4 is 11.6 Å². The molecule has 1 N–H and O–H groups in total. The zero-order valence-corrected chi connectivity index (χ0v) is 13.4. The maximum Gasteiger partial charge on any atom is 0.277 e. The fourth-order valence-electron chi connectivity index (χ4n) is 2.76. The van der Waals surface area contributed by atoms with Crippen LogP contribution in [0.2, 0.25) is 0 Å². The molecule has 0 radical (unpaired) electrons. The Morgan fingerprint density at radius 2 is 1.83 bits per heavy atom. The summed E-state index contributed by atoms with van der Waals surface area (Å²) < 4.78 is 5.55. The summed E-state index contributed by atoms with van der Waals surface area (Å²) in [4.78, 5) is 11.9. The molecule has 2 aromatic rings. The minimum atomic E-state index is -0.242. The van der Waals surface area contributed by atoms with Gasteiger partial charge >= 0.3 is 0 Å². The molecule has 4 heteroatoms. The molecule has 0 atom stereocenters. The minimum absolute atomic E-state index is 0.0341. The van der Waals surface area contributed by atoms with Crippen molar-refractivity contribution in [2.75, 3.05) is 6.61 Å². The molecule has 4 nitrogen and oxygen atoms in total. The highest BCUT2D eigenvalue weighted by molar-refractivity contribution is 5.93. The molecule has 23 heavy (non-hydrogen) atoms. The standard InChI is InChI=1S/C19H20N2O2/c1-13-7-8-18(14(2)9-13)23-12-19(22)21-20-17-10-15-5-3-4-6-16(15)11-17/h3-9H,10-12H2,1-2H3,(H,21,22). The highest BCUT2D eigenvalue weighted by Gasteiger charge is 2.16. The van der Waals surface area contributed by atoms with Gasteiger partial charge < -0.3 is 4.74 Å². The Balaban J connectivity index is 1.52. The SMILES string of the molecule is Cc1ccc(OCC(=O)NN=C2Cc3ccccc3C2)c(C)c1. The van der Waals surface area contributed by atoms with Gasteiger partial charge in [-0.05, 0) is 36.6 Å². The first-order chi connectivity index (χ1) is 11.1. The third-order valence-corrected chi connectivity index (χ3v) is 3.94. The van der Waals surface area contributed by atoms with Gasteiger partial charge in [0.05, 0.1) is 0 Å². The van der Waals surface area contributed by atoms with Crippen molar-refractivity contribution in [1.82, 2.24) is 5.43 Å². The number of hydrazone groups is 1. The number of aryl methyl sites for hydroxylation is 2. The van der Waals surface area contributed by atoms with Gasteiger partial charge in [-0.15, -0.1) is 0 Å². The lowest BCUT2D eigenvalue weighted by atomic mass is 10.1. The smallest absolute Gasteiger partial charge is 0.277 e. The summed E-state index contributed by atoms with van der Waals surface area (Å²) in [7, 11) is 0. The van der Waals surface area contributed by atoms with Gasteiger partial charge in [-0.25, -0.2) is 5.43 Å². The molecule has 0 fully saturated rings. The maximum absolute atomic E-state index is 11.9. The molecule has 1 amide bonds. The van der Waals surface area contributed by atoms with Crippen LogP contribution in [0.1, 0.15) is 22.3 Å². The van der Waals surface area contributed by atoms with Crippen molar-refractivity contribution in [1.29, 1.82) is 0 Å². The molecule has 0 bridgehead atoms. The van der Waals surface area contributed by atoms with Crippen LogP contribution in [-0.2, 0) is 17.6 Å². The van der Waals surface area contributed by atoms with Gasteiger partial charge in [0, 0.05) is 18.6 Å². The van der Waals surface area contributed by atoms with Gasteiger partial charge in [0.25, 0.3) is 5.91 Å². The van der Waals surface area contributed by atoms with Crippen LogP contribution in [0, 0.1) is 13.8 Å². The number of nitrogens with one attached hydrogen (secondary N) is 1. The molecule has 0 saturated heterocycles. The van der Waals surface area contributed by atoms with Crippen LogP contribution in [-0.4, -0.2) is 18.2 Å². The second-order valence-electron chi connectivity index (χ2n) is 5.89. The Kier molecular flexibility index (Phi) is 4.42. The molecule has 1 aliphatic rings. The van der Waals surface area contributed by atoms with Gasteiger partial charge in [-0.3, -0.25) is 4.79 Å². The molecule has 0 saturated carbocycles. The largest absolute Gasteiger partial charge is 0.483 e. The summed E-state index contributed by atoms with van der Waals surface area (Å²) >= 11 is 0. The van der Waals surface area contributed by atoms with Gasteiger partial charge in [0.15, 0.2) is 6.61 Å². The van der Waals surface area contributed by atoms with Crippen LogP contribution in [0.25, 0.3) is 0 Å². The van der Waals surface area contributed by atoms with E-state index in [0.29, 0.717) is 0 Å². The molecule has 0 aliphatic heterocycles. The first-order valence-corrected chi connectivity index (χ1v) is 7.73. The number of fused-ring (bicyclic) bond motifs is 1. The zero-order chi connectivity index (χ0) is 16.2. The third-order valence-electron chi connectivity index (χ3n) is 3.94. The Bertz CT molecular complexity index is 739. The Hall–Kier alpha value is -2.62. The number of rotatable bonds is 4. The number of carbonyl (C=O) groups is 1. The lowest BCUT2D eigenvalue weighted by molar-refractivity contribution is -0.123. The van der Waals surface area contributed by atoms with Crippen LogP contribution in [0.15, 0.2) is 47.6 Å². The van der Waals surface area contributed by atoms with E-state index in [2.05, 4.69) is 22.7 Å².